The number of hydrogen-bond donors (Lipinski definition) is 0. The van der Waals surface area contributed by atoms with Gasteiger partial charge in [-0.1, -0.05) is 42.4 Å². The van der Waals surface area contributed by atoms with Crippen LogP contribution in [-0.4, -0.2) is 46.5 Å². The molecule has 1 aliphatic heterocycles. The smallest absolute Gasteiger partial charge is 0.422 e. The second kappa shape index (κ2) is 11.1. The molecule has 0 N–H and O–H groups in total. The summed E-state index contributed by atoms with van der Waals surface area (Å²) in [5, 5.41) is 1.06. The molecule has 3 aromatic rings. The van der Waals surface area contributed by atoms with Crippen molar-refractivity contribution in [2.45, 2.75) is 64.6 Å². The van der Waals surface area contributed by atoms with E-state index in [0.717, 1.165) is 84.3 Å². The summed E-state index contributed by atoms with van der Waals surface area (Å²) in [6, 6.07) is 9.77. The van der Waals surface area contributed by atoms with E-state index in [4.69, 9.17) is 4.74 Å². The molecule has 2 aromatic heterocycles. The first-order valence-electron chi connectivity index (χ1n) is 13.0. The van der Waals surface area contributed by atoms with Crippen LogP contribution < -0.4 is 4.74 Å². The van der Waals surface area contributed by atoms with Crippen LogP contribution in [0.3, 0.4) is 0 Å². The van der Waals surface area contributed by atoms with E-state index in [1.54, 1.807) is 0 Å². The number of aromatic nitrogens is 2. The van der Waals surface area contributed by atoms with Gasteiger partial charge in [0.1, 0.15) is 0 Å². The van der Waals surface area contributed by atoms with E-state index < -0.39 is 12.8 Å². The highest BCUT2D eigenvalue weighted by molar-refractivity contribution is 7.13. The lowest BCUT2D eigenvalue weighted by Crippen LogP contribution is -2.32. The maximum absolute atomic E-state index is 13.1. The number of ether oxygens (including phenoxy) is 1. The Morgan fingerprint density at radius 3 is 2.68 bits per heavy atom. The third-order valence-corrected chi connectivity index (χ3v) is 8.68. The summed E-state index contributed by atoms with van der Waals surface area (Å²) in [6.07, 6.45) is 2.59. The molecule has 198 valence electrons. The molecule has 0 atom stereocenters. The SMILES string of the molecule is Cc1ccc2c(C(=O)CC3CCC(CCN4CCc5sc(OCC(F)(F)F)nc5C4)CC3)cccc2n1. The standard InChI is InChI=1S/C28H32F3N3O2S/c1-18-5-10-21-22(3-2-4-23(21)32-18)25(35)15-20-8-6-19(7-9-20)11-13-34-14-12-26-24(16-34)33-27(37-26)36-17-28(29,30)31/h2-5,10,19-20H,6-9,11-17H2,1H3. The quantitative estimate of drug-likeness (QED) is 0.300. The molecule has 5 nitrogen and oxygen atoms in total. The van der Waals surface area contributed by atoms with Gasteiger partial charge in [-0.05, 0) is 63.1 Å². The van der Waals surface area contributed by atoms with E-state index in [0.29, 0.717) is 24.8 Å². The molecular formula is C28H32F3N3O2S. The van der Waals surface area contributed by atoms with Gasteiger partial charge < -0.3 is 4.74 Å². The zero-order valence-corrected chi connectivity index (χ0v) is 21.8. The first kappa shape index (κ1) is 26.1. The van der Waals surface area contributed by atoms with E-state index in [1.165, 1.54) is 11.3 Å². The molecule has 37 heavy (non-hydrogen) atoms. The molecule has 1 saturated carbocycles. The molecule has 0 unspecified atom stereocenters. The molecular weight excluding hydrogens is 499 g/mol. The number of hydrogen-bond acceptors (Lipinski definition) is 6. The maximum Gasteiger partial charge on any atom is 0.422 e. The fourth-order valence-electron chi connectivity index (χ4n) is 5.59. The molecule has 5 rings (SSSR count). The second-order valence-electron chi connectivity index (χ2n) is 10.4. The van der Waals surface area contributed by atoms with Gasteiger partial charge in [0.15, 0.2) is 12.4 Å². The van der Waals surface area contributed by atoms with Crippen LogP contribution in [0.5, 0.6) is 5.19 Å². The summed E-state index contributed by atoms with van der Waals surface area (Å²) in [7, 11) is 0. The third-order valence-electron chi connectivity index (χ3n) is 7.61. The second-order valence-corrected chi connectivity index (χ2v) is 11.5. The summed E-state index contributed by atoms with van der Waals surface area (Å²) in [4.78, 5) is 25.4. The summed E-state index contributed by atoms with van der Waals surface area (Å²) < 4.78 is 42.1. The minimum Gasteiger partial charge on any atom is -0.460 e. The largest absolute Gasteiger partial charge is 0.460 e. The Labute approximate surface area is 219 Å². The fraction of sp³-hybridized carbons (Fsp3) is 0.536. The topological polar surface area (TPSA) is 55.3 Å². The fourth-order valence-corrected chi connectivity index (χ4v) is 6.49. The predicted molar refractivity (Wildman–Crippen MR) is 138 cm³/mol. The highest BCUT2D eigenvalue weighted by Gasteiger charge is 2.30. The number of fused-ring (bicyclic) bond motifs is 2. The Morgan fingerprint density at radius 2 is 1.89 bits per heavy atom. The number of rotatable bonds is 8. The number of carbonyl (C=O) groups is 1. The number of Topliss-reactive ketones (excluding diaryl/α,β-unsaturated/α-hetero) is 1. The monoisotopic (exact) mass is 531 g/mol. The molecule has 9 heteroatoms. The van der Waals surface area contributed by atoms with Crippen molar-refractivity contribution in [2.24, 2.45) is 11.8 Å². The van der Waals surface area contributed by atoms with E-state index in [2.05, 4.69) is 14.9 Å². The lowest BCUT2D eigenvalue weighted by molar-refractivity contribution is -0.153. The van der Waals surface area contributed by atoms with E-state index in [9.17, 15) is 18.0 Å². The number of ketones is 1. The molecule has 0 spiro atoms. The van der Waals surface area contributed by atoms with Gasteiger partial charge in [-0.3, -0.25) is 14.7 Å². The summed E-state index contributed by atoms with van der Waals surface area (Å²) in [5.41, 5.74) is 3.47. The van der Waals surface area contributed by atoms with Crippen LogP contribution in [0, 0.1) is 18.8 Å². The molecule has 1 aliphatic carbocycles. The first-order valence-corrected chi connectivity index (χ1v) is 13.9. The number of thiazole rings is 1. The van der Waals surface area contributed by atoms with Crippen LogP contribution >= 0.6 is 11.3 Å². The number of aryl methyl sites for hydroxylation is 1. The normalized spacial score (nSPS) is 20.6. The Balaban J connectivity index is 1.07. The lowest BCUT2D eigenvalue weighted by Gasteiger charge is -2.31. The van der Waals surface area contributed by atoms with Crippen molar-refractivity contribution in [1.82, 2.24) is 14.9 Å². The number of pyridine rings is 1. The van der Waals surface area contributed by atoms with Crippen LogP contribution in [0.15, 0.2) is 30.3 Å². The van der Waals surface area contributed by atoms with Crippen molar-refractivity contribution >= 4 is 28.0 Å². The van der Waals surface area contributed by atoms with Crippen LogP contribution in [0.25, 0.3) is 10.9 Å². The maximum atomic E-state index is 13.1. The minimum absolute atomic E-state index is 0.118. The third kappa shape index (κ3) is 6.68. The van der Waals surface area contributed by atoms with Gasteiger partial charge >= 0.3 is 6.18 Å². The molecule has 0 saturated heterocycles. The molecule has 1 aromatic carbocycles. The first-order chi connectivity index (χ1) is 17.7. The molecule has 1 fully saturated rings. The van der Waals surface area contributed by atoms with Gasteiger partial charge in [0, 0.05) is 41.0 Å². The van der Waals surface area contributed by atoms with Crippen LogP contribution in [-0.2, 0) is 13.0 Å². The Morgan fingerprint density at radius 1 is 1.11 bits per heavy atom. The van der Waals surface area contributed by atoms with E-state index in [-0.39, 0.29) is 11.0 Å². The number of alkyl halides is 3. The molecule has 0 radical (unpaired) electrons. The predicted octanol–water partition coefficient (Wildman–Crippen LogP) is 6.77. The number of carbonyl (C=O) groups excluding carboxylic acids is 1. The number of benzene rings is 1. The van der Waals surface area contributed by atoms with Crippen LogP contribution in [0.4, 0.5) is 13.2 Å². The summed E-state index contributed by atoms with van der Waals surface area (Å²) in [5.74, 6) is 1.30. The number of halogens is 3. The van der Waals surface area contributed by atoms with Gasteiger partial charge in [0.2, 0.25) is 0 Å². The van der Waals surface area contributed by atoms with Crippen molar-refractivity contribution in [1.29, 1.82) is 0 Å². The van der Waals surface area contributed by atoms with Crippen LogP contribution in [0.1, 0.15) is 65.1 Å². The van der Waals surface area contributed by atoms with Crippen molar-refractivity contribution in [3.05, 3.63) is 52.2 Å². The molecule has 2 aliphatic rings. The Kier molecular flexibility index (Phi) is 7.81. The van der Waals surface area contributed by atoms with Crippen molar-refractivity contribution < 1.29 is 22.7 Å². The molecule has 0 bridgehead atoms. The summed E-state index contributed by atoms with van der Waals surface area (Å²) in [6.45, 7) is 3.20. The molecule has 3 heterocycles. The average molecular weight is 532 g/mol. The molecule has 0 amide bonds. The lowest BCUT2D eigenvalue weighted by atomic mass is 9.78. The van der Waals surface area contributed by atoms with Gasteiger partial charge in [0.25, 0.3) is 5.19 Å². The van der Waals surface area contributed by atoms with Gasteiger partial charge in [-0.25, -0.2) is 4.98 Å². The van der Waals surface area contributed by atoms with Gasteiger partial charge in [-0.2, -0.15) is 13.2 Å². The zero-order chi connectivity index (χ0) is 26.0. The summed E-state index contributed by atoms with van der Waals surface area (Å²) >= 11 is 1.24. The van der Waals surface area contributed by atoms with Crippen LogP contribution in [0.2, 0.25) is 0 Å². The zero-order valence-electron chi connectivity index (χ0n) is 21.0. The van der Waals surface area contributed by atoms with E-state index in [1.807, 2.05) is 37.3 Å². The number of nitrogens with zero attached hydrogens (tertiary/aromatic N) is 3. The minimum atomic E-state index is -4.35. The highest BCUT2D eigenvalue weighted by Crippen LogP contribution is 2.35. The van der Waals surface area contributed by atoms with Crippen molar-refractivity contribution in [2.75, 3.05) is 19.7 Å². The van der Waals surface area contributed by atoms with Gasteiger partial charge in [0.05, 0.1) is 11.2 Å². The van der Waals surface area contributed by atoms with E-state index >= 15 is 0 Å². The highest BCUT2D eigenvalue weighted by atomic mass is 32.1. The Bertz CT molecular complexity index is 1250. The average Bonchev–Trinajstić information content (AvgIpc) is 3.28. The van der Waals surface area contributed by atoms with Crippen molar-refractivity contribution in [3.8, 4) is 5.19 Å². The van der Waals surface area contributed by atoms with Gasteiger partial charge in [-0.15, -0.1) is 0 Å². The van der Waals surface area contributed by atoms with Crippen molar-refractivity contribution in [3.63, 3.8) is 0 Å². The Hall–Kier alpha value is -2.52.